The fourth-order valence-corrected chi connectivity index (χ4v) is 4.10. The number of aryl methyl sites for hydroxylation is 1. The van der Waals surface area contributed by atoms with Gasteiger partial charge in [-0.05, 0) is 30.2 Å². The predicted molar refractivity (Wildman–Crippen MR) is 109 cm³/mol. The molecule has 28 heavy (non-hydrogen) atoms. The van der Waals surface area contributed by atoms with E-state index in [0.717, 1.165) is 5.56 Å². The van der Waals surface area contributed by atoms with E-state index in [2.05, 4.69) is 5.32 Å². The lowest BCUT2D eigenvalue weighted by atomic mass is 9.74. The molecule has 3 aromatic rings. The van der Waals surface area contributed by atoms with Crippen LogP contribution in [-0.4, -0.2) is 16.8 Å². The van der Waals surface area contributed by atoms with Gasteiger partial charge in [0.25, 0.3) is 5.91 Å². The molecule has 4 nitrogen and oxygen atoms in total. The Morgan fingerprint density at radius 2 is 1.64 bits per heavy atom. The summed E-state index contributed by atoms with van der Waals surface area (Å²) in [7, 11) is 0. The van der Waals surface area contributed by atoms with Crippen molar-refractivity contribution in [2.24, 2.45) is 0 Å². The van der Waals surface area contributed by atoms with Gasteiger partial charge < -0.3 is 10.4 Å². The van der Waals surface area contributed by atoms with Gasteiger partial charge in [-0.25, -0.2) is 0 Å². The molecule has 1 amide bonds. The molecule has 0 aromatic heterocycles. The van der Waals surface area contributed by atoms with Crippen molar-refractivity contribution in [2.75, 3.05) is 5.32 Å². The van der Waals surface area contributed by atoms with Crippen LogP contribution >= 0.6 is 11.6 Å². The number of carbonyl (C=O) groups excluding carboxylic acids is 2. The van der Waals surface area contributed by atoms with Crippen molar-refractivity contribution in [3.05, 3.63) is 100 Å². The van der Waals surface area contributed by atoms with E-state index in [1.807, 2.05) is 12.1 Å². The van der Waals surface area contributed by atoms with Crippen LogP contribution in [0.4, 0.5) is 5.69 Å². The first-order valence-electron chi connectivity index (χ1n) is 8.91. The minimum Gasteiger partial charge on any atom is -0.374 e. The van der Waals surface area contributed by atoms with E-state index in [4.69, 9.17) is 11.6 Å². The van der Waals surface area contributed by atoms with Gasteiger partial charge in [-0.15, -0.1) is 0 Å². The van der Waals surface area contributed by atoms with Gasteiger partial charge in [0.05, 0.1) is 11.6 Å². The highest BCUT2D eigenvalue weighted by Crippen LogP contribution is 2.48. The number of Topliss-reactive ketones (excluding diaryl/α,β-unsaturated/α-hetero) is 1. The second-order valence-corrected chi connectivity index (χ2v) is 7.38. The summed E-state index contributed by atoms with van der Waals surface area (Å²) in [6.45, 7) is 1.80. The molecular weight excluding hydrogens is 374 g/mol. The summed E-state index contributed by atoms with van der Waals surface area (Å²) in [6, 6.07) is 20.8. The third kappa shape index (κ3) is 2.82. The number of hydrogen-bond acceptors (Lipinski definition) is 3. The summed E-state index contributed by atoms with van der Waals surface area (Å²) in [5, 5.41) is 14.8. The number of ketones is 1. The number of halogens is 1. The maximum absolute atomic E-state index is 13.5. The van der Waals surface area contributed by atoms with Gasteiger partial charge >= 0.3 is 0 Å². The normalized spacial score (nSPS) is 19.0. The predicted octanol–water partition coefficient (Wildman–Crippen LogP) is 4.45. The molecule has 1 aliphatic heterocycles. The third-order valence-corrected chi connectivity index (χ3v) is 5.39. The lowest BCUT2D eigenvalue weighted by Crippen LogP contribution is -2.44. The number of fused-ring (bicyclic) bond motifs is 1. The zero-order valence-corrected chi connectivity index (χ0v) is 15.9. The number of rotatable bonds is 4. The van der Waals surface area contributed by atoms with Crippen molar-refractivity contribution >= 4 is 29.0 Å². The zero-order valence-electron chi connectivity index (χ0n) is 15.1. The monoisotopic (exact) mass is 391 g/mol. The average molecular weight is 392 g/mol. The Morgan fingerprint density at radius 1 is 1.04 bits per heavy atom. The van der Waals surface area contributed by atoms with Crippen molar-refractivity contribution in [2.45, 2.75) is 18.4 Å². The van der Waals surface area contributed by atoms with E-state index in [-0.39, 0.29) is 5.78 Å². The second kappa shape index (κ2) is 6.89. The quantitative estimate of drug-likeness (QED) is 0.645. The molecule has 1 aliphatic rings. The van der Waals surface area contributed by atoms with Gasteiger partial charge in [-0.2, -0.15) is 0 Å². The summed E-state index contributed by atoms with van der Waals surface area (Å²) in [6.07, 6.45) is 0. The zero-order chi connectivity index (χ0) is 19.9. The summed E-state index contributed by atoms with van der Waals surface area (Å²) in [5.41, 5.74) is 0.452. The molecular formula is C23H18ClNO3. The molecule has 0 aliphatic carbocycles. The number of amides is 1. The van der Waals surface area contributed by atoms with E-state index in [9.17, 15) is 14.7 Å². The van der Waals surface area contributed by atoms with E-state index >= 15 is 0 Å². The molecule has 140 valence electrons. The lowest BCUT2D eigenvalue weighted by molar-refractivity contribution is -0.135. The van der Waals surface area contributed by atoms with Gasteiger partial charge in [0.15, 0.2) is 11.4 Å². The van der Waals surface area contributed by atoms with Crippen LogP contribution in [0.5, 0.6) is 0 Å². The number of anilines is 1. The maximum Gasteiger partial charge on any atom is 0.262 e. The molecule has 2 atom stereocenters. The van der Waals surface area contributed by atoms with Crippen molar-refractivity contribution in [3.63, 3.8) is 0 Å². The fourth-order valence-electron chi connectivity index (χ4n) is 3.82. The van der Waals surface area contributed by atoms with E-state index in [0.29, 0.717) is 27.4 Å². The molecule has 0 bridgehead atoms. The van der Waals surface area contributed by atoms with Crippen LogP contribution in [0.25, 0.3) is 0 Å². The Labute approximate surface area is 167 Å². The van der Waals surface area contributed by atoms with E-state index < -0.39 is 17.4 Å². The smallest absolute Gasteiger partial charge is 0.262 e. The molecule has 4 rings (SSSR count). The summed E-state index contributed by atoms with van der Waals surface area (Å²) in [5.74, 6) is -2.09. The van der Waals surface area contributed by atoms with Crippen LogP contribution < -0.4 is 5.32 Å². The number of carbonyl (C=O) groups is 2. The molecule has 0 fully saturated rings. The third-order valence-electron chi connectivity index (χ3n) is 5.17. The minimum atomic E-state index is -2.07. The second-order valence-electron chi connectivity index (χ2n) is 6.94. The Kier molecular flexibility index (Phi) is 4.53. The molecule has 0 radical (unpaired) electrons. The highest BCUT2D eigenvalue weighted by molar-refractivity contribution is 6.31. The van der Waals surface area contributed by atoms with Crippen LogP contribution in [0.15, 0.2) is 72.8 Å². The largest absolute Gasteiger partial charge is 0.374 e. The lowest BCUT2D eigenvalue weighted by Gasteiger charge is -2.30. The van der Waals surface area contributed by atoms with Crippen LogP contribution in [-0.2, 0) is 10.4 Å². The van der Waals surface area contributed by atoms with Crippen LogP contribution in [0.2, 0.25) is 5.02 Å². The topological polar surface area (TPSA) is 66.4 Å². The van der Waals surface area contributed by atoms with Crippen molar-refractivity contribution in [1.82, 2.24) is 0 Å². The molecule has 0 saturated heterocycles. The Bertz CT molecular complexity index is 1070. The molecule has 5 heteroatoms. The maximum atomic E-state index is 13.5. The van der Waals surface area contributed by atoms with Gasteiger partial charge in [-0.1, -0.05) is 72.3 Å². The van der Waals surface area contributed by atoms with Crippen molar-refractivity contribution in [3.8, 4) is 0 Å². The van der Waals surface area contributed by atoms with Crippen LogP contribution in [0.1, 0.15) is 33.0 Å². The Morgan fingerprint density at radius 3 is 2.29 bits per heavy atom. The van der Waals surface area contributed by atoms with E-state index in [1.54, 1.807) is 67.6 Å². The van der Waals surface area contributed by atoms with Gasteiger partial charge in [0, 0.05) is 16.1 Å². The SMILES string of the molecule is Cc1cc(Cl)cc2c1NC(=O)[C@]2(O)[C@@H](C(=O)c1ccccc1)c1ccccc1. The highest BCUT2D eigenvalue weighted by Gasteiger charge is 2.55. The van der Waals surface area contributed by atoms with Crippen LogP contribution in [0, 0.1) is 6.92 Å². The molecule has 3 aromatic carbocycles. The van der Waals surface area contributed by atoms with Gasteiger partial charge in [0.1, 0.15) is 0 Å². The van der Waals surface area contributed by atoms with Crippen molar-refractivity contribution in [1.29, 1.82) is 0 Å². The number of aliphatic hydroxyl groups is 1. The molecule has 0 spiro atoms. The average Bonchev–Trinajstić information content (AvgIpc) is 2.95. The molecule has 0 unspecified atom stereocenters. The van der Waals surface area contributed by atoms with Gasteiger partial charge in [0.2, 0.25) is 0 Å². The first kappa shape index (κ1) is 18.4. The first-order chi connectivity index (χ1) is 13.4. The molecule has 1 heterocycles. The molecule has 0 saturated carbocycles. The van der Waals surface area contributed by atoms with Crippen LogP contribution in [0.3, 0.4) is 0 Å². The number of benzene rings is 3. The summed E-state index contributed by atoms with van der Waals surface area (Å²) >= 11 is 6.22. The summed E-state index contributed by atoms with van der Waals surface area (Å²) in [4.78, 5) is 26.5. The molecule has 2 N–H and O–H groups in total. The highest BCUT2D eigenvalue weighted by atomic mass is 35.5. The fraction of sp³-hybridized carbons (Fsp3) is 0.130. The van der Waals surface area contributed by atoms with Crippen molar-refractivity contribution < 1.29 is 14.7 Å². The standard InChI is InChI=1S/C23H18ClNO3/c1-14-12-17(24)13-18-20(14)25-22(27)23(18,28)19(15-8-4-2-5-9-15)21(26)16-10-6-3-7-11-16/h2-13,19,28H,1H3,(H,25,27)/t19-,23-/m1/s1. The number of nitrogens with one attached hydrogen (secondary N) is 1. The minimum absolute atomic E-state index is 0.320. The Hall–Kier alpha value is -2.95. The van der Waals surface area contributed by atoms with Gasteiger partial charge in [-0.3, -0.25) is 9.59 Å². The number of hydrogen-bond donors (Lipinski definition) is 2. The Balaban J connectivity index is 1.96. The van der Waals surface area contributed by atoms with E-state index in [1.165, 1.54) is 0 Å². The first-order valence-corrected chi connectivity index (χ1v) is 9.29. The summed E-state index contributed by atoms with van der Waals surface area (Å²) < 4.78 is 0.